The molecule has 1 aromatic rings. The highest BCUT2D eigenvalue weighted by molar-refractivity contribution is 7.89. The Morgan fingerprint density at radius 2 is 2.04 bits per heavy atom. The molecule has 0 saturated carbocycles. The lowest BCUT2D eigenvalue weighted by Crippen LogP contribution is -2.53. The second kappa shape index (κ2) is 8.70. The van der Waals surface area contributed by atoms with Gasteiger partial charge in [-0.3, -0.25) is 0 Å². The number of hydrogen-bond acceptors (Lipinski definition) is 4. The van der Waals surface area contributed by atoms with Crippen molar-refractivity contribution in [2.24, 2.45) is 0 Å². The van der Waals surface area contributed by atoms with Crippen molar-refractivity contribution in [3.63, 3.8) is 0 Å². The summed E-state index contributed by atoms with van der Waals surface area (Å²) in [6, 6.07) is 5.08. The molecule has 1 fully saturated rings. The Morgan fingerprint density at radius 3 is 2.67 bits per heavy atom. The molecule has 0 unspecified atom stereocenters. The molecule has 1 aliphatic heterocycles. The van der Waals surface area contributed by atoms with E-state index in [0.717, 1.165) is 12.5 Å². The molecular weight excluding hydrogens is 353 g/mol. The second-order valence-corrected chi connectivity index (χ2v) is 7.75. The van der Waals surface area contributed by atoms with Gasteiger partial charge in [0.2, 0.25) is 10.0 Å². The van der Waals surface area contributed by atoms with Gasteiger partial charge in [-0.25, -0.2) is 12.8 Å². The average molecular weight is 375 g/mol. The smallest absolute Gasteiger partial charge is 0.243 e. The van der Waals surface area contributed by atoms with E-state index in [4.69, 9.17) is 17.0 Å². The molecule has 0 radical (unpaired) electrons. The number of hydrogen-bond donors (Lipinski definition) is 1. The van der Waals surface area contributed by atoms with E-state index in [1.54, 1.807) is 7.11 Å². The van der Waals surface area contributed by atoms with E-state index < -0.39 is 15.8 Å². The first-order valence-corrected chi connectivity index (χ1v) is 9.57. The number of thiocarbonyl (C=S) groups is 1. The van der Waals surface area contributed by atoms with Crippen molar-refractivity contribution in [3.8, 4) is 0 Å². The van der Waals surface area contributed by atoms with Gasteiger partial charge in [0.15, 0.2) is 5.11 Å². The zero-order valence-electron chi connectivity index (χ0n) is 13.6. The van der Waals surface area contributed by atoms with E-state index >= 15 is 0 Å². The lowest BCUT2D eigenvalue weighted by molar-refractivity contribution is 0.195. The van der Waals surface area contributed by atoms with Crippen LogP contribution in [0.15, 0.2) is 29.2 Å². The highest BCUT2D eigenvalue weighted by Gasteiger charge is 2.29. The fourth-order valence-electron chi connectivity index (χ4n) is 2.43. The van der Waals surface area contributed by atoms with Crippen LogP contribution in [0.1, 0.15) is 6.42 Å². The maximum atomic E-state index is 13.3. The van der Waals surface area contributed by atoms with Gasteiger partial charge < -0.3 is 15.0 Å². The van der Waals surface area contributed by atoms with Gasteiger partial charge in [-0.2, -0.15) is 4.31 Å². The van der Waals surface area contributed by atoms with Crippen LogP contribution in [-0.2, 0) is 14.8 Å². The Hall–Kier alpha value is -1.29. The molecule has 9 heteroatoms. The molecule has 1 N–H and O–H groups in total. The molecule has 6 nitrogen and oxygen atoms in total. The molecule has 0 bridgehead atoms. The molecule has 2 rings (SSSR count). The van der Waals surface area contributed by atoms with E-state index in [1.807, 2.05) is 4.90 Å². The molecule has 134 valence electrons. The molecule has 1 aromatic carbocycles. The number of nitrogens with zero attached hydrogens (tertiary/aromatic N) is 2. The minimum Gasteiger partial charge on any atom is -0.385 e. The molecule has 0 atom stereocenters. The third-order valence-electron chi connectivity index (χ3n) is 3.76. The third kappa shape index (κ3) is 4.85. The number of benzene rings is 1. The molecule has 1 aliphatic rings. The summed E-state index contributed by atoms with van der Waals surface area (Å²) in [4.78, 5) is 1.93. The minimum absolute atomic E-state index is 0.0174. The van der Waals surface area contributed by atoms with Crippen molar-refractivity contribution in [1.82, 2.24) is 14.5 Å². The normalized spacial score (nSPS) is 16.2. The second-order valence-electron chi connectivity index (χ2n) is 5.43. The summed E-state index contributed by atoms with van der Waals surface area (Å²) in [5, 5.41) is 3.76. The Balaban J connectivity index is 1.89. The van der Waals surface area contributed by atoms with Crippen LogP contribution in [0.3, 0.4) is 0 Å². The standard InChI is InChI=1S/C15H22FN3O3S2/c1-22-11-3-6-17-15(23)18-7-9-19(10-8-18)24(20,21)14-5-2-4-13(16)12-14/h2,4-5,12H,3,6-11H2,1H3,(H,17,23). The maximum absolute atomic E-state index is 13.3. The molecule has 0 aromatic heterocycles. The summed E-state index contributed by atoms with van der Waals surface area (Å²) < 4.78 is 44.7. The SMILES string of the molecule is COCCCNC(=S)N1CCN(S(=O)(=O)c2cccc(F)c2)CC1. The number of sulfonamides is 1. The zero-order chi connectivity index (χ0) is 17.6. The van der Waals surface area contributed by atoms with Crippen LogP contribution in [0.25, 0.3) is 0 Å². The predicted octanol–water partition coefficient (Wildman–Crippen LogP) is 1.04. The molecule has 1 saturated heterocycles. The van der Waals surface area contributed by atoms with Gasteiger partial charge >= 0.3 is 0 Å². The first kappa shape index (κ1) is 19.0. The van der Waals surface area contributed by atoms with E-state index in [-0.39, 0.29) is 4.90 Å². The van der Waals surface area contributed by atoms with Crippen LogP contribution in [0.4, 0.5) is 4.39 Å². The van der Waals surface area contributed by atoms with Gasteiger partial charge in [-0.15, -0.1) is 0 Å². The fraction of sp³-hybridized carbons (Fsp3) is 0.533. The summed E-state index contributed by atoms with van der Waals surface area (Å²) in [5.41, 5.74) is 0. The number of rotatable bonds is 6. The van der Waals surface area contributed by atoms with Gasteiger partial charge in [0.25, 0.3) is 0 Å². The molecule has 0 aliphatic carbocycles. The Kier molecular flexibility index (Phi) is 6.90. The topological polar surface area (TPSA) is 61.9 Å². The molecule has 24 heavy (non-hydrogen) atoms. The van der Waals surface area contributed by atoms with Crippen LogP contribution in [0.2, 0.25) is 0 Å². The van der Waals surface area contributed by atoms with Gasteiger partial charge in [-0.05, 0) is 36.8 Å². The molecule has 0 spiro atoms. The summed E-state index contributed by atoms with van der Waals surface area (Å²) in [7, 11) is -2.02. The highest BCUT2D eigenvalue weighted by atomic mass is 32.2. The monoisotopic (exact) mass is 375 g/mol. The van der Waals surface area contributed by atoms with Crippen molar-refractivity contribution in [3.05, 3.63) is 30.1 Å². The van der Waals surface area contributed by atoms with Gasteiger partial charge in [-0.1, -0.05) is 6.07 Å². The first-order valence-electron chi connectivity index (χ1n) is 7.72. The van der Waals surface area contributed by atoms with Crippen LogP contribution in [0.5, 0.6) is 0 Å². The lowest BCUT2D eigenvalue weighted by atomic mass is 10.3. The quantitative estimate of drug-likeness (QED) is 0.592. The van der Waals surface area contributed by atoms with Crippen molar-refractivity contribution >= 4 is 27.4 Å². The summed E-state index contributed by atoms with van der Waals surface area (Å²) in [6.07, 6.45) is 0.852. The third-order valence-corrected chi connectivity index (χ3v) is 6.06. The van der Waals surface area contributed by atoms with Crippen molar-refractivity contribution in [2.75, 3.05) is 46.4 Å². The Morgan fingerprint density at radius 1 is 1.33 bits per heavy atom. The number of halogens is 1. The number of methoxy groups -OCH3 is 1. The zero-order valence-corrected chi connectivity index (χ0v) is 15.2. The van der Waals surface area contributed by atoms with E-state index in [9.17, 15) is 12.8 Å². The largest absolute Gasteiger partial charge is 0.385 e. The summed E-state index contributed by atoms with van der Waals surface area (Å²) in [6.45, 7) is 3.02. The lowest BCUT2D eigenvalue weighted by Gasteiger charge is -2.35. The predicted molar refractivity (Wildman–Crippen MR) is 93.8 cm³/mol. The summed E-state index contributed by atoms with van der Waals surface area (Å²) in [5.74, 6) is -0.559. The molecule has 1 heterocycles. The Bertz CT molecular complexity index is 662. The molecule has 0 amide bonds. The number of nitrogens with one attached hydrogen (secondary N) is 1. The highest BCUT2D eigenvalue weighted by Crippen LogP contribution is 2.18. The first-order chi connectivity index (χ1) is 11.4. The van der Waals surface area contributed by atoms with Gasteiger partial charge in [0, 0.05) is 46.4 Å². The van der Waals surface area contributed by atoms with E-state index in [1.165, 1.54) is 22.5 Å². The number of ether oxygens (including phenoxy) is 1. The minimum atomic E-state index is -3.67. The van der Waals surface area contributed by atoms with Crippen LogP contribution in [0, 0.1) is 5.82 Å². The summed E-state index contributed by atoms with van der Waals surface area (Å²) >= 11 is 5.32. The molecular formula is C15H22FN3O3S2. The van der Waals surface area contributed by atoms with Crippen molar-refractivity contribution in [1.29, 1.82) is 0 Å². The van der Waals surface area contributed by atoms with E-state index in [0.29, 0.717) is 44.4 Å². The van der Waals surface area contributed by atoms with Crippen LogP contribution >= 0.6 is 12.2 Å². The van der Waals surface area contributed by atoms with Gasteiger partial charge in [0.05, 0.1) is 4.90 Å². The number of piperazine rings is 1. The van der Waals surface area contributed by atoms with Crippen LogP contribution < -0.4 is 5.32 Å². The van der Waals surface area contributed by atoms with Crippen molar-refractivity contribution < 1.29 is 17.5 Å². The Labute approximate surface area is 147 Å². The fourth-order valence-corrected chi connectivity index (χ4v) is 4.17. The van der Waals surface area contributed by atoms with E-state index in [2.05, 4.69) is 5.32 Å². The average Bonchev–Trinajstić information content (AvgIpc) is 2.58. The maximum Gasteiger partial charge on any atom is 0.243 e. The van der Waals surface area contributed by atoms with Gasteiger partial charge in [0.1, 0.15) is 5.82 Å². The van der Waals surface area contributed by atoms with Crippen molar-refractivity contribution in [2.45, 2.75) is 11.3 Å². The van der Waals surface area contributed by atoms with Crippen LogP contribution in [-0.4, -0.2) is 69.2 Å².